The van der Waals surface area contributed by atoms with Crippen LogP contribution < -0.4 is 10.5 Å². The molecule has 1 aliphatic carbocycles. The molecule has 206 valence electrons. The van der Waals surface area contributed by atoms with E-state index in [2.05, 4.69) is 4.90 Å². The van der Waals surface area contributed by atoms with Crippen LogP contribution in [0.3, 0.4) is 0 Å². The van der Waals surface area contributed by atoms with E-state index in [0.29, 0.717) is 37.4 Å². The number of esters is 1. The second-order valence-corrected chi connectivity index (χ2v) is 12.1. The number of ether oxygens (including phenoxy) is 2. The zero-order valence-electron chi connectivity index (χ0n) is 23.1. The van der Waals surface area contributed by atoms with Crippen molar-refractivity contribution < 1.29 is 23.5 Å². The number of hydrogen-bond acceptors (Lipinski definition) is 6. The van der Waals surface area contributed by atoms with Crippen LogP contribution in [0.1, 0.15) is 87.2 Å². The number of aromatic nitrogens is 1. The first kappa shape index (κ1) is 26.5. The Morgan fingerprint density at radius 1 is 1.13 bits per heavy atom. The van der Waals surface area contributed by atoms with Crippen molar-refractivity contribution in [2.45, 2.75) is 78.2 Å². The van der Waals surface area contributed by atoms with Crippen molar-refractivity contribution in [1.82, 2.24) is 9.30 Å². The van der Waals surface area contributed by atoms with Gasteiger partial charge in [-0.15, -0.1) is 0 Å². The van der Waals surface area contributed by atoms with E-state index in [1.165, 1.54) is 10.6 Å². The first-order valence-corrected chi connectivity index (χ1v) is 13.7. The average Bonchev–Trinajstić information content (AvgIpc) is 3.61. The molecular weight excluding hydrogens is 489 g/mol. The minimum Gasteiger partial charge on any atom is -0.462 e. The lowest BCUT2D eigenvalue weighted by Crippen LogP contribution is -2.46. The zero-order valence-corrected chi connectivity index (χ0v) is 23.1. The molecule has 2 aromatic heterocycles. The van der Waals surface area contributed by atoms with E-state index in [-0.39, 0.29) is 29.6 Å². The number of hydrogen-bond donors (Lipinski definition) is 0. The summed E-state index contributed by atoms with van der Waals surface area (Å²) >= 11 is 0. The average molecular weight is 528 g/mol. The number of carbonyl (C=O) groups is 2. The van der Waals surface area contributed by atoms with Gasteiger partial charge in [-0.25, -0.2) is 14.0 Å². The maximum atomic E-state index is 15.7. The summed E-state index contributed by atoms with van der Waals surface area (Å²) in [6.07, 6.45) is 5.51. The lowest BCUT2D eigenvalue weighted by atomic mass is 9.78. The predicted octanol–water partition coefficient (Wildman–Crippen LogP) is 5.03. The zero-order chi connectivity index (χ0) is 27.4. The van der Waals surface area contributed by atoms with Crippen LogP contribution >= 0.6 is 0 Å². The molecule has 5 rings (SSSR count). The van der Waals surface area contributed by atoms with E-state index in [1.54, 1.807) is 17.9 Å². The summed E-state index contributed by atoms with van der Waals surface area (Å²) in [5.74, 6) is -0.892. The standard InChI is InChI=1S/C29H38FN3O5/c1-6-37-26(35)21-15-20(19-7-8-19)23-18(2)24(22(30)16-33(23)25(21)34)32-14-11-29(17-32)9-12-31(13-10-29)27(36)38-28(3,4)5/h15-16,19H,6-14,17H2,1-5H3. The van der Waals surface area contributed by atoms with Crippen molar-refractivity contribution in [2.24, 2.45) is 5.41 Å². The Morgan fingerprint density at radius 2 is 1.79 bits per heavy atom. The number of nitrogens with zero attached hydrogens (tertiary/aromatic N) is 3. The number of likely N-dealkylation sites (tertiary alicyclic amines) is 1. The van der Waals surface area contributed by atoms with Gasteiger partial charge in [0.1, 0.15) is 11.2 Å². The summed E-state index contributed by atoms with van der Waals surface area (Å²) in [5, 5.41) is 0. The molecular formula is C29H38FN3O5. The highest BCUT2D eigenvalue weighted by Crippen LogP contribution is 2.46. The van der Waals surface area contributed by atoms with Crippen LogP contribution in [0.5, 0.6) is 0 Å². The van der Waals surface area contributed by atoms with Crippen molar-refractivity contribution in [2.75, 3.05) is 37.7 Å². The summed E-state index contributed by atoms with van der Waals surface area (Å²) in [7, 11) is 0. The van der Waals surface area contributed by atoms with E-state index in [4.69, 9.17) is 9.47 Å². The fraction of sp³-hybridized carbons (Fsp3) is 0.621. The molecule has 0 radical (unpaired) electrons. The fourth-order valence-corrected chi connectivity index (χ4v) is 6.12. The Kier molecular flexibility index (Phi) is 6.68. The van der Waals surface area contributed by atoms with Gasteiger partial charge in [0.05, 0.1) is 24.0 Å². The molecule has 38 heavy (non-hydrogen) atoms. The molecule has 0 bridgehead atoms. The third-order valence-electron chi connectivity index (χ3n) is 8.19. The number of fused-ring (bicyclic) bond motifs is 1. The largest absolute Gasteiger partial charge is 0.462 e. The molecule has 2 aromatic rings. The molecule has 1 spiro atoms. The van der Waals surface area contributed by atoms with Gasteiger partial charge in [0.15, 0.2) is 5.82 Å². The highest BCUT2D eigenvalue weighted by Gasteiger charge is 2.43. The van der Waals surface area contributed by atoms with Gasteiger partial charge in [-0.1, -0.05) is 0 Å². The SMILES string of the molecule is CCOC(=O)c1cc(C2CC2)c2c(C)c(N3CCC4(CCN(C(=O)OC(C)(C)C)CC4)C3)c(F)cn2c1=O. The van der Waals surface area contributed by atoms with Crippen LogP contribution in [-0.2, 0) is 9.47 Å². The molecule has 1 saturated carbocycles. The quantitative estimate of drug-likeness (QED) is 0.519. The van der Waals surface area contributed by atoms with Crippen LogP contribution in [0.2, 0.25) is 0 Å². The van der Waals surface area contributed by atoms with Crippen LogP contribution in [0.25, 0.3) is 5.52 Å². The lowest BCUT2D eigenvalue weighted by molar-refractivity contribution is 0.0121. The van der Waals surface area contributed by atoms with Gasteiger partial charge >= 0.3 is 12.1 Å². The summed E-state index contributed by atoms with van der Waals surface area (Å²) in [4.78, 5) is 42.1. The lowest BCUT2D eigenvalue weighted by Gasteiger charge is -2.39. The number of amides is 1. The maximum Gasteiger partial charge on any atom is 0.410 e. The van der Waals surface area contributed by atoms with Crippen molar-refractivity contribution in [3.05, 3.63) is 45.1 Å². The summed E-state index contributed by atoms with van der Waals surface area (Å²) in [6, 6.07) is 1.67. The number of pyridine rings is 2. The van der Waals surface area contributed by atoms with E-state index in [0.717, 1.165) is 43.2 Å². The highest BCUT2D eigenvalue weighted by molar-refractivity contribution is 5.90. The van der Waals surface area contributed by atoms with Crippen LogP contribution in [-0.4, -0.2) is 59.8 Å². The van der Waals surface area contributed by atoms with Gasteiger partial charge < -0.3 is 19.3 Å². The normalized spacial score (nSPS) is 19.3. The third kappa shape index (κ3) is 4.87. The number of aryl methyl sites for hydroxylation is 1. The molecule has 0 aromatic carbocycles. The summed E-state index contributed by atoms with van der Waals surface area (Å²) in [6.45, 7) is 12.0. The fourth-order valence-electron chi connectivity index (χ4n) is 6.12. The second kappa shape index (κ2) is 9.58. The van der Waals surface area contributed by atoms with Crippen LogP contribution in [0, 0.1) is 18.2 Å². The number of rotatable bonds is 4. The van der Waals surface area contributed by atoms with E-state index < -0.39 is 22.9 Å². The highest BCUT2D eigenvalue weighted by atomic mass is 19.1. The second-order valence-electron chi connectivity index (χ2n) is 12.1. The van der Waals surface area contributed by atoms with E-state index >= 15 is 4.39 Å². The van der Waals surface area contributed by atoms with Crippen molar-refractivity contribution >= 4 is 23.3 Å². The number of anilines is 1. The van der Waals surface area contributed by atoms with E-state index in [1.807, 2.05) is 27.7 Å². The van der Waals surface area contributed by atoms with Gasteiger partial charge in [0.2, 0.25) is 0 Å². The molecule has 9 heteroatoms. The monoisotopic (exact) mass is 527 g/mol. The number of carbonyl (C=O) groups excluding carboxylic acids is 2. The number of halogens is 1. The predicted molar refractivity (Wildman–Crippen MR) is 143 cm³/mol. The Labute approximate surface area is 222 Å². The Morgan fingerprint density at radius 3 is 2.39 bits per heavy atom. The van der Waals surface area contributed by atoms with Crippen LogP contribution in [0.15, 0.2) is 17.1 Å². The molecule has 2 aliphatic heterocycles. The van der Waals surface area contributed by atoms with Crippen LogP contribution in [0.4, 0.5) is 14.9 Å². The minimum atomic E-state index is -0.671. The summed E-state index contributed by atoms with van der Waals surface area (Å²) in [5.41, 5.74) is 1.74. The molecule has 0 atom stereocenters. The topological polar surface area (TPSA) is 80.6 Å². The van der Waals surface area contributed by atoms with Gasteiger partial charge in [-0.2, -0.15) is 0 Å². The smallest absolute Gasteiger partial charge is 0.410 e. The van der Waals surface area contributed by atoms with E-state index in [9.17, 15) is 14.4 Å². The third-order valence-corrected chi connectivity index (χ3v) is 8.19. The van der Waals surface area contributed by atoms with Crippen molar-refractivity contribution in [3.8, 4) is 0 Å². The molecule has 4 heterocycles. The molecule has 8 nitrogen and oxygen atoms in total. The number of piperidine rings is 1. The molecule has 3 fully saturated rings. The first-order valence-electron chi connectivity index (χ1n) is 13.7. The van der Waals surface area contributed by atoms with Gasteiger partial charge in [0, 0.05) is 26.2 Å². The molecule has 0 unspecified atom stereocenters. The molecule has 3 aliphatic rings. The van der Waals surface area contributed by atoms with Crippen molar-refractivity contribution in [3.63, 3.8) is 0 Å². The Bertz CT molecular complexity index is 1330. The van der Waals surface area contributed by atoms with Crippen molar-refractivity contribution in [1.29, 1.82) is 0 Å². The minimum absolute atomic E-state index is 0.0102. The Balaban J connectivity index is 1.43. The molecule has 1 amide bonds. The molecule has 2 saturated heterocycles. The van der Waals surface area contributed by atoms with Gasteiger partial charge in [-0.05, 0) is 95.2 Å². The van der Waals surface area contributed by atoms with Gasteiger partial charge in [0.25, 0.3) is 5.56 Å². The Hall–Kier alpha value is -3.10. The first-order chi connectivity index (χ1) is 17.9. The molecule has 0 N–H and O–H groups in total. The summed E-state index contributed by atoms with van der Waals surface area (Å²) < 4.78 is 27.7. The van der Waals surface area contributed by atoms with Gasteiger partial charge in [-0.3, -0.25) is 9.20 Å². The maximum absolute atomic E-state index is 15.7.